The van der Waals surface area contributed by atoms with Gasteiger partial charge in [-0.25, -0.2) is 0 Å². The first-order chi connectivity index (χ1) is 23.9. The molecule has 4 atom stereocenters. The normalized spacial score (nSPS) is 21.4. The number of aliphatic hydroxyl groups excluding tert-OH is 1. The van der Waals surface area contributed by atoms with E-state index in [4.69, 9.17) is 16.3 Å². The minimum atomic E-state index is -3.03. The van der Waals surface area contributed by atoms with E-state index in [1.54, 1.807) is 46.2 Å². The van der Waals surface area contributed by atoms with E-state index in [1.807, 2.05) is 86.7 Å². The van der Waals surface area contributed by atoms with Crippen LogP contribution < -0.4 is 10.2 Å². The molecule has 260 valence electrons. The largest absolute Gasteiger partial charge is 0.432 e. The molecule has 0 saturated carbocycles. The fourth-order valence-corrected chi connectivity index (χ4v) is 10.3. The molecule has 1 saturated heterocycles. The molecule has 0 aromatic heterocycles. The third kappa shape index (κ3) is 6.99. The van der Waals surface area contributed by atoms with Gasteiger partial charge >= 0.3 is 0 Å². The molecule has 4 aromatic rings. The van der Waals surface area contributed by atoms with Crippen molar-refractivity contribution in [2.24, 2.45) is 5.92 Å². The molecule has 1 fully saturated rings. The monoisotopic (exact) mass is 711 g/mol. The fourth-order valence-electron chi connectivity index (χ4n) is 7.59. The van der Waals surface area contributed by atoms with E-state index in [-0.39, 0.29) is 43.8 Å². The lowest BCUT2D eigenvalue weighted by Gasteiger charge is -2.32. The molecule has 0 aliphatic carbocycles. The minimum absolute atomic E-state index is 0.0556. The number of carbonyl (C=O) groups excluding carboxylic acids is 3. The number of benzene rings is 4. The van der Waals surface area contributed by atoms with Gasteiger partial charge in [0.1, 0.15) is 0 Å². The van der Waals surface area contributed by atoms with E-state index in [1.165, 1.54) is 0 Å². The Bertz CT molecular complexity index is 1850. The molecule has 2 heterocycles. The molecule has 1 spiro atoms. The van der Waals surface area contributed by atoms with Gasteiger partial charge in [-0.3, -0.25) is 14.4 Å². The van der Waals surface area contributed by atoms with Gasteiger partial charge in [0.15, 0.2) is 13.9 Å². The van der Waals surface area contributed by atoms with Gasteiger partial charge in [0.25, 0.3) is 11.8 Å². The van der Waals surface area contributed by atoms with Gasteiger partial charge < -0.3 is 29.8 Å². The Morgan fingerprint density at radius 1 is 0.960 bits per heavy atom. The second kappa shape index (κ2) is 14.5. The van der Waals surface area contributed by atoms with Crippen LogP contribution in [0.1, 0.15) is 40.4 Å². The molecule has 3 N–H and O–H groups in total. The van der Waals surface area contributed by atoms with Gasteiger partial charge in [0.05, 0.1) is 31.4 Å². The average Bonchev–Trinajstić information content (AvgIpc) is 3.52. The summed E-state index contributed by atoms with van der Waals surface area (Å²) in [5, 5.41) is 13.1. The number of rotatable bonds is 11. The van der Waals surface area contributed by atoms with Gasteiger partial charge in [-0.1, -0.05) is 79.2 Å². The van der Waals surface area contributed by atoms with Crippen molar-refractivity contribution in [2.45, 2.75) is 56.8 Å². The molecule has 2 aliphatic heterocycles. The number of nitrogens with zero attached hydrogens (tertiary/aromatic N) is 2. The van der Waals surface area contributed by atoms with E-state index >= 15 is 0 Å². The Kier molecular flexibility index (Phi) is 10.3. The molecule has 50 heavy (non-hydrogen) atoms. The van der Waals surface area contributed by atoms with E-state index < -0.39 is 31.5 Å². The average molecular weight is 712 g/mol. The lowest BCUT2D eigenvalue weighted by molar-refractivity contribution is -0.150. The van der Waals surface area contributed by atoms with Crippen molar-refractivity contribution in [3.63, 3.8) is 0 Å². The first-order valence-corrected chi connectivity index (χ1v) is 20.2. The summed E-state index contributed by atoms with van der Waals surface area (Å²) in [6.45, 7) is 6.05. The summed E-state index contributed by atoms with van der Waals surface area (Å²) in [4.78, 5) is 56.2. The van der Waals surface area contributed by atoms with Gasteiger partial charge in [-0.05, 0) is 66.7 Å². The van der Waals surface area contributed by atoms with Crippen LogP contribution in [0.4, 0.5) is 11.4 Å². The van der Waals surface area contributed by atoms with E-state index in [0.29, 0.717) is 34.1 Å². The van der Waals surface area contributed by atoms with Crippen LogP contribution in [-0.4, -0.2) is 60.1 Å². The molecule has 3 amide bonds. The zero-order valence-electron chi connectivity index (χ0n) is 28.4. The Balaban J connectivity index is 1.27. The minimum Gasteiger partial charge on any atom is -0.432 e. The molecular formula is C39H42ClN3O6Si. The molecule has 9 nitrogen and oxygen atoms in total. The number of anilines is 2. The van der Waals surface area contributed by atoms with Crippen molar-refractivity contribution < 1.29 is 29.0 Å². The van der Waals surface area contributed by atoms with Crippen molar-refractivity contribution in [3.05, 3.63) is 130 Å². The third-order valence-corrected chi connectivity index (χ3v) is 12.6. The lowest BCUT2D eigenvalue weighted by atomic mass is 9.82. The van der Waals surface area contributed by atoms with Gasteiger partial charge in [0.2, 0.25) is 5.91 Å². The van der Waals surface area contributed by atoms with Crippen LogP contribution in [0.3, 0.4) is 0 Å². The molecule has 0 bridgehead atoms. The van der Waals surface area contributed by atoms with Gasteiger partial charge in [-0.15, -0.1) is 0 Å². The highest BCUT2D eigenvalue weighted by atomic mass is 35.5. The third-order valence-electron chi connectivity index (χ3n) is 9.85. The van der Waals surface area contributed by atoms with E-state index in [0.717, 1.165) is 11.1 Å². The van der Waals surface area contributed by atoms with Gasteiger partial charge in [-0.2, -0.15) is 0 Å². The molecule has 2 aliphatic rings. The van der Waals surface area contributed by atoms with Crippen LogP contribution in [0.15, 0.2) is 103 Å². The summed E-state index contributed by atoms with van der Waals surface area (Å²) in [5.74, 6) is -1.20. The molecular weight excluding hydrogens is 670 g/mol. The predicted octanol–water partition coefficient (Wildman–Crippen LogP) is 6.35. The standard InChI is InChI=1S/C39H42ClN3O6Si/c1-26-36(50(2,3)48)34(23-35(45)42(20-21-44)24-27-10-6-4-7-11-27)49-39(26)32-22-30(40)16-19-33(32)43(38(39)47)25-28-14-17-31(18-15-28)41-37(46)29-12-8-5-9-13-29/h4-19,22,26,34,36,44,48H,20-21,23-25H2,1-3H3,(H,41,46)/t26-,34+,36-,39+/m0/s1. The molecule has 0 unspecified atom stereocenters. The predicted molar refractivity (Wildman–Crippen MR) is 196 cm³/mol. The lowest BCUT2D eigenvalue weighted by Crippen LogP contribution is -2.46. The van der Waals surface area contributed by atoms with Crippen LogP contribution in [0.25, 0.3) is 0 Å². The van der Waals surface area contributed by atoms with Gasteiger partial charge in [0, 0.05) is 46.4 Å². The maximum Gasteiger partial charge on any atom is 0.264 e. The SMILES string of the molecule is C[C@H]1[C@H]([Si](C)(C)O)[C@@H](CC(=O)N(CCO)Cc2ccccc2)O[C@]12C(=O)N(Cc1ccc(NC(=O)c3ccccc3)cc1)c1ccc(Cl)cc12. The molecule has 11 heteroatoms. The molecule has 4 aromatic carbocycles. The highest BCUT2D eigenvalue weighted by Gasteiger charge is 2.66. The van der Waals surface area contributed by atoms with E-state index in [9.17, 15) is 24.3 Å². The smallest absolute Gasteiger partial charge is 0.264 e. The number of ether oxygens (including phenoxy) is 1. The van der Waals surface area contributed by atoms with Crippen molar-refractivity contribution in [1.82, 2.24) is 4.90 Å². The summed E-state index contributed by atoms with van der Waals surface area (Å²) in [6, 6.07) is 31.1. The number of hydrogen-bond acceptors (Lipinski definition) is 6. The van der Waals surface area contributed by atoms with E-state index in [2.05, 4.69) is 5.32 Å². The van der Waals surface area contributed by atoms with Crippen molar-refractivity contribution in [1.29, 1.82) is 0 Å². The van der Waals surface area contributed by atoms with Crippen molar-refractivity contribution >= 4 is 49.0 Å². The van der Waals surface area contributed by atoms with Crippen LogP contribution in [0.5, 0.6) is 0 Å². The summed E-state index contributed by atoms with van der Waals surface area (Å²) in [7, 11) is -3.03. The maximum atomic E-state index is 14.8. The van der Waals surface area contributed by atoms with Crippen LogP contribution >= 0.6 is 11.6 Å². The first-order valence-electron chi connectivity index (χ1n) is 16.8. The maximum absolute atomic E-state index is 14.8. The quantitative estimate of drug-likeness (QED) is 0.156. The first kappa shape index (κ1) is 35.5. The Morgan fingerprint density at radius 3 is 2.26 bits per heavy atom. The fraction of sp³-hybridized carbons (Fsp3) is 0.308. The zero-order valence-corrected chi connectivity index (χ0v) is 30.1. The number of fused-ring (bicyclic) bond motifs is 2. The topological polar surface area (TPSA) is 119 Å². The highest BCUT2D eigenvalue weighted by molar-refractivity contribution is 6.71. The molecule has 6 rings (SSSR count). The summed E-state index contributed by atoms with van der Waals surface area (Å²) < 4.78 is 6.84. The zero-order chi connectivity index (χ0) is 35.6. The number of amides is 3. The van der Waals surface area contributed by atoms with Crippen LogP contribution in [0, 0.1) is 5.92 Å². The second-order valence-electron chi connectivity index (χ2n) is 13.7. The number of hydrogen-bond donors (Lipinski definition) is 3. The Hall–Kier alpha value is -4.32. The number of halogens is 1. The Morgan fingerprint density at radius 2 is 1.62 bits per heavy atom. The Labute approximate surface area is 298 Å². The van der Waals surface area contributed by atoms with Crippen LogP contribution in [-0.2, 0) is 33.0 Å². The summed E-state index contributed by atoms with van der Waals surface area (Å²) >= 11 is 6.55. The summed E-state index contributed by atoms with van der Waals surface area (Å²) in [6.07, 6.45) is -0.802. The van der Waals surface area contributed by atoms with Crippen molar-refractivity contribution in [3.8, 4) is 0 Å². The summed E-state index contributed by atoms with van der Waals surface area (Å²) in [5.41, 5.74) is 2.29. The van der Waals surface area contributed by atoms with Crippen LogP contribution in [0.2, 0.25) is 23.7 Å². The highest BCUT2D eigenvalue weighted by Crippen LogP contribution is 2.60. The second-order valence-corrected chi connectivity index (χ2v) is 18.1. The number of carbonyl (C=O) groups is 3. The number of aliphatic hydroxyl groups is 1. The number of nitrogens with one attached hydrogen (secondary N) is 1. The van der Waals surface area contributed by atoms with Crippen molar-refractivity contribution in [2.75, 3.05) is 23.4 Å². The molecule has 0 radical (unpaired) electrons.